The summed E-state index contributed by atoms with van der Waals surface area (Å²) >= 11 is 0. The largest absolute Gasteiger partial charge is 0.328 e. The fourth-order valence-electron chi connectivity index (χ4n) is 3.94. The lowest BCUT2D eigenvalue weighted by Gasteiger charge is -2.14. The van der Waals surface area contributed by atoms with Gasteiger partial charge in [-0.1, -0.05) is 38.1 Å². The molecule has 3 heterocycles. The Morgan fingerprint density at radius 2 is 1.63 bits per heavy atom. The van der Waals surface area contributed by atoms with Crippen molar-refractivity contribution in [2.24, 2.45) is 13.0 Å². The van der Waals surface area contributed by atoms with Gasteiger partial charge < -0.3 is 4.57 Å². The Labute approximate surface area is 155 Å². The van der Waals surface area contributed by atoms with Crippen LogP contribution >= 0.6 is 0 Å². The van der Waals surface area contributed by atoms with Gasteiger partial charge in [0, 0.05) is 18.9 Å². The van der Waals surface area contributed by atoms with Crippen LogP contribution in [0.4, 0.5) is 0 Å². The zero-order valence-corrected chi connectivity index (χ0v) is 15.6. The Morgan fingerprint density at radius 3 is 2.41 bits per heavy atom. The summed E-state index contributed by atoms with van der Waals surface area (Å²) in [6, 6.07) is 15.7. The van der Waals surface area contributed by atoms with Gasteiger partial charge in [-0.15, -0.1) is 0 Å². The van der Waals surface area contributed by atoms with E-state index in [9.17, 15) is 4.79 Å². The molecule has 0 spiro atoms. The fraction of sp³-hybridized carbons (Fsp3) is 0.227. The second-order valence-corrected chi connectivity index (χ2v) is 7.49. The molecule has 0 unspecified atom stereocenters. The van der Waals surface area contributed by atoms with Crippen molar-refractivity contribution in [3.63, 3.8) is 0 Å². The average Bonchev–Trinajstić information content (AvgIpc) is 3.05. The van der Waals surface area contributed by atoms with Crippen molar-refractivity contribution < 1.29 is 0 Å². The number of pyridine rings is 1. The smallest absolute Gasteiger partial charge is 0.202 e. The summed E-state index contributed by atoms with van der Waals surface area (Å²) in [5.41, 5.74) is 4.14. The first-order valence-electron chi connectivity index (χ1n) is 9.24. The first-order chi connectivity index (χ1) is 13.1. The third-order valence-corrected chi connectivity index (χ3v) is 5.15. The first-order valence-corrected chi connectivity index (χ1v) is 9.24. The van der Waals surface area contributed by atoms with Crippen molar-refractivity contribution in [2.75, 3.05) is 0 Å². The van der Waals surface area contributed by atoms with E-state index < -0.39 is 0 Å². The topological polar surface area (TPSA) is 52.2 Å². The number of hydrogen-bond donors (Lipinski definition) is 0. The number of benzene rings is 2. The summed E-state index contributed by atoms with van der Waals surface area (Å²) in [5, 5.41) is 1.28. The second kappa shape index (κ2) is 5.64. The molecule has 2 aromatic carbocycles. The molecule has 0 saturated carbocycles. The summed E-state index contributed by atoms with van der Waals surface area (Å²) < 4.78 is 4.07. The molecule has 5 heteroatoms. The highest BCUT2D eigenvalue weighted by Crippen LogP contribution is 2.26. The molecule has 134 valence electrons. The highest BCUT2D eigenvalue weighted by molar-refractivity contribution is 6.01. The number of aromatic nitrogens is 4. The fourth-order valence-corrected chi connectivity index (χ4v) is 3.94. The van der Waals surface area contributed by atoms with E-state index in [0.717, 1.165) is 28.8 Å². The highest BCUT2D eigenvalue weighted by atomic mass is 16.1. The van der Waals surface area contributed by atoms with Gasteiger partial charge in [0.05, 0.1) is 16.6 Å². The van der Waals surface area contributed by atoms with E-state index in [1.807, 2.05) is 60.1 Å². The molecular weight excluding hydrogens is 336 g/mol. The van der Waals surface area contributed by atoms with Crippen LogP contribution < -0.4 is 5.43 Å². The lowest BCUT2D eigenvalue weighted by Crippen LogP contribution is -2.15. The molecule has 0 saturated heterocycles. The van der Waals surface area contributed by atoms with Crippen molar-refractivity contribution in [2.45, 2.75) is 20.3 Å². The molecule has 27 heavy (non-hydrogen) atoms. The second-order valence-electron chi connectivity index (χ2n) is 7.49. The van der Waals surface area contributed by atoms with Crippen molar-refractivity contribution in [1.29, 1.82) is 0 Å². The molecule has 5 nitrogen and oxygen atoms in total. The number of para-hydroxylation sites is 3. The minimum Gasteiger partial charge on any atom is -0.328 e. The molecule has 0 N–H and O–H groups in total. The standard InChI is InChI=1S/C22H20N4O/c1-13(2)12-18-24-21-19(20(27)14-8-4-6-10-16(14)25(21)3)22-23-15-9-5-7-11-17(15)26(18)22/h4-11,13H,12H2,1-3H3. The molecule has 0 aliphatic rings. The van der Waals surface area contributed by atoms with E-state index in [2.05, 4.69) is 18.2 Å². The third kappa shape index (κ3) is 2.21. The van der Waals surface area contributed by atoms with Gasteiger partial charge in [-0.25, -0.2) is 9.97 Å². The van der Waals surface area contributed by atoms with Gasteiger partial charge in [-0.3, -0.25) is 9.20 Å². The molecule has 0 fully saturated rings. The van der Waals surface area contributed by atoms with Gasteiger partial charge >= 0.3 is 0 Å². The van der Waals surface area contributed by atoms with Crippen molar-refractivity contribution in [3.8, 4) is 0 Å². The van der Waals surface area contributed by atoms with E-state index in [4.69, 9.17) is 9.97 Å². The van der Waals surface area contributed by atoms with Gasteiger partial charge in [0.15, 0.2) is 5.65 Å². The summed E-state index contributed by atoms with van der Waals surface area (Å²) in [5.74, 6) is 1.38. The first kappa shape index (κ1) is 16.0. The summed E-state index contributed by atoms with van der Waals surface area (Å²) in [6.07, 6.45) is 0.813. The van der Waals surface area contributed by atoms with Gasteiger partial charge in [0.1, 0.15) is 16.9 Å². The van der Waals surface area contributed by atoms with Crippen LogP contribution in [0.2, 0.25) is 0 Å². The summed E-state index contributed by atoms with van der Waals surface area (Å²) in [6.45, 7) is 4.35. The number of hydrogen-bond acceptors (Lipinski definition) is 3. The number of imidazole rings is 1. The van der Waals surface area contributed by atoms with Crippen LogP contribution in [0.15, 0.2) is 53.3 Å². The molecule has 0 bridgehead atoms. The highest BCUT2D eigenvalue weighted by Gasteiger charge is 2.19. The van der Waals surface area contributed by atoms with Crippen molar-refractivity contribution >= 4 is 38.6 Å². The number of fused-ring (bicyclic) bond motifs is 6. The Balaban J connectivity index is 2.10. The Bertz CT molecular complexity index is 1410. The normalized spacial score (nSPS) is 12.1. The maximum Gasteiger partial charge on any atom is 0.202 e. The van der Waals surface area contributed by atoms with Gasteiger partial charge in [-0.05, 0) is 30.2 Å². The van der Waals surface area contributed by atoms with Crippen LogP contribution in [0, 0.1) is 5.92 Å². The molecule has 0 aliphatic carbocycles. The predicted octanol–water partition coefficient (Wildman–Crippen LogP) is 4.09. The summed E-state index contributed by atoms with van der Waals surface area (Å²) in [7, 11) is 1.97. The lowest BCUT2D eigenvalue weighted by molar-refractivity contribution is 0.617. The van der Waals surface area contributed by atoms with E-state index in [0.29, 0.717) is 28.0 Å². The minimum absolute atomic E-state index is 0.0115. The van der Waals surface area contributed by atoms with Gasteiger partial charge in [0.2, 0.25) is 5.43 Å². The SMILES string of the molecule is CC(C)Cc1nc2c(c(=O)c3ccccc3n2C)c2nc3ccccc3n12. The molecule has 5 aromatic rings. The summed E-state index contributed by atoms with van der Waals surface area (Å²) in [4.78, 5) is 23.1. The van der Waals surface area contributed by atoms with Crippen LogP contribution in [0.5, 0.6) is 0 Å². The molecule has 0 amide bonds. The quantitative estimate of drug-likeness (QED) is 0.448. The number of nitrogens with zero attached hydrogens (tertiary/aromatic N) is 4. The van der Waals surface area contributed by atoms with Crippen molar-refractivity contribution in [3.05, 3.63) is 64.6 Å². The van der Waals surface area contributed by atoms with Gasteiger partial charge in [0.25, 0.3) is 0 Å². The molecule has 3 aromatic heterocycles. The Morgan fingerprint density at radius 1 is 0.926 bits per heavy atom. The van der Waals surface area contributed by atoms with E-state index in [1.165, 1.54) is 0 Å². The molecule has 0 aliphatic heterocycles. The van der Waals surface area contributed by atoms with Crippen molar-refractivity contribution in [1.82, 2.24) is 18.9 Å². The molecule has 0 radical (unpaired) electrons. The molecule has 5 rings (SSSR count). The predicted molar refractivity (Wildman–Crippen MR) is 109 cm³/mol. The monoisotopic (exact) mass is 356 g/mol. The van der Waals surface area contributed by atoms with E-state index >= 15 is 0 Å². The van der Waals surface area contributed by atoms with Crippen LogP contribution in [0.1, 0.15) is 19.7 Å². The van der Waals surface area contributed by atoms with E-state index in [1.54, 1.807) is 0 Å². The maximum absolute atomic E-state index is 13.4. The number of rotatable bonds is 2. The van der Waals surface area contributed by atoms with Crippen LogP contribution in [-0.2, 0) is 13.5 Å². The van der Waals surface area contributed by atoms with Gasteiger partial charge in [-0.2, -0.15) is 0 Å². The lowest BCUT2D eigenvalue weighted by atomic mass is 10.1. The zero-order valence-electron chi connectivity index (χ0n) is 15.6. The van der Waals surface area contributed by atoms with Crippen LogP contribution in [0.3, 0.4) is 0 Å². The third-order valence-electron chi connectivity index (χ3n) is 5.15. The van der Waals surface area contributed by atoms with E-state index in [-0.39, 0.29) is 5.43 Å². The molecule has 0 atom stereocenters. The Hall–Kier alpha value is -3.21. The average molecular weight is 356 g/mol. The molecular formula is C22H20N4O. The maximum atomic E-state index is 13.4. The minimum atomic E-state index is -0.0115. The number of aryl methyl sites for hydroxylation is 1. The Kier molecular flexibility index (Phi) is 3.34. The zero-order chi connectivity index (χ0) is 18.7. The van der Waals surface area contributed by atoms with Crippen LogP contribution in [0.25, 0.3) is 38.6 Å². The van der Waals surface area contributed by atoms with Crippen LogP contribution in [-0.4, -0.2) is 18.9 Å².